The third-order valence-corrected chi connectivity index (χ3v) is 5.05. The van der Waals surface area contributed by atoms with E-state index in [1.807, 2.05) is 6.07 Å². The number of aryl methyl sites for hydroxylation is 2. The highest BCUT2D eigenvalue weighted by atomic mass is 16.5. The van der Waals surface area contributed by atoms with Crippen LogP contribution in [-0.4, -0.2) is 72.9 Å². The van der Waals surface area contributed by atoms with E-state index in [9.17, 15) is 0 Å². The highest BCUT2D eigenvalue weighted by molar-refractivity contribution is 5.79. The number of nitrogens with zero attached hydrogens (tertiary/aromatic N) is 4. The van der Waals surface area contributed by atoms with Gasteiger partial charge in [0.2, 0.25) is 0 Å². The van der Waals surface area contributed by atoms with Crippen LogP contribution < -0.4 is 10.6 Å². The molecule has 0 spiro atoms. The Morgan fingerprint density at radius 2 is 1.96 bits per heavy atom. The Kier molecular flexibility index (Phi) is 8.11. The highest BCUT2D eigenvalue weighted by Gasteiger charge is 2.09. The van der Waals surface area contributed by atoms with Gasteiger partial charge in [0.05, 0.1) is 24.2 Å². The van der Waals surface area contributed by atoms with E-state index in [0.717, 1.165) is 89.2 Å². The van der Waals surface area contributed by atoms with Crippen molar-refractivity contribution in [3.63, 3.8) is 0 Å². The molecule has 1 aromatic carbocycles. The van der Waals surface area contributed by atoms with Gasteiger partial charge in [-0.2, -0.15) is 0 Å². The molecule has 0 atom stereocenters. The quantitative estimate of drug-likeness (QED) is 0.392. The van der Waals surface area contributed by atoms with E-state index < -0.39 is 0 Å². The number of aromatic nitrogens is 2. The Morgan fingerprint density at radius 3 is 2.79 bits per heavy atom. The molecule has 1 saturated heterocycles. The summed E-state index contributed by atoms with van der Waals surface area (Å²) in [5.41, 5.74) is 2.27. The van der Waals surface area contributed by atoms with Gasteiger partial charge < -0.3 is 19.9 Å². The van der Waals surface area contributed by atoms with Gasteiger partial charge in [-0.15, -0.1) is 0 Å². The molecule has 1 aliphatic rings. The van der Waals surface area contributed by atoms with Crippen molar-refractivity contribution in [3.8, 4) is 0 Å². The van der Waals surface area contributed by atoms with Crippen molar-refractivity contribution in [2.45, 2.75) is 33.2 Å². The molecular formula is C21H34N6O. The average molecular weight is 387 g/mol. The van der Waals surface area contributed by atoms with E-state index in [2.05, 4.69) is 57.1 Å². The summed E-state index contributed by atoms with van der Waals surface area (Å²) in [5, 5.41) is 6.80. The summed E-state index contributed by atoms with van der Waals surface area (Å²) in [6, 6.07) is 8.32. The van der Waals surface area contributed by atoms with E-state index in [1.54, 1.807) is 0 Å². The largest absolute Gasteiger partial charge is 0.379 e. The van der Waals surface area contributed by atoms with Crippen molar-refractivity contribution in [1.82, 2.24) is 25.1 Å². The molecule has 7 heteroatoms. The number of benzene rings is 1. The van der Waals surface area contributed by atoms with Gasteiger partial charge in [-0.1, -0.05) is 12.1 Å². The van der Waals surface area contributed by atoms with Crippen LogP contribution in [-0.2, 0) is 11.3 Å². The van der Waals surface area contributed by atoms with Crippen molar-refractivity contribution < 1.29 is 4.74 Å². The summed E-state index contributed by atoms with van der Waals surface area (Å²) in [6.45, 7) is 12.7. The number of rotatable bonds is 9. The van der Waals surface area contributed by atoms with E-state index in [-0.39, 0.29) is 0 Å². The molecule has 3 rings (SSSR count). The van der Waals surface area contributed by atoms with E-state index in [0.29, 0.717) is 0 Å². The number of ether oxygens (including phenoxy) is 1. The van der Waals surface area contributed by atoms with Gasteiger partial charge in [-0.05, 0) is 45.4 Å². The van der Waals surface area contributed by atoms with Crippen LogP contribution in [0, 0.1) is 6.92 Å². The van der Waals surface area contributed by atoms with Gasteiger partial charge in [0.1, 0.15) is 5.82 Å². The monoisotopic (exact) mass is 386 g/mol. The predicted octanol–water partition coefficient (Wildman–Crippen LogP) is 2.01. The van der Waals surface area contributed by atoms with Gasteiger partial charge in [0.25, 0.3) is 0 Å². The van der Waals surface area contributed by atoms with Crippen LogP contribution in [0.4, 0.5) is 0 Å². The zero-order valence-corrected chi connectivity index (χ0v) is 17.3. The molecule has 2 N–H and O–H groups in total. The number of aliphatic imine (C=N–C) groups is 1. The standard InChI is InChI=1S/C21H34N6O/c1-3-22-21(23-10-6-12-26-14-16-28-17-15-26)24-11-7-13-27-18(2)25-19-8-4-5-9-20(19)27/h4-5,8-9H,3,6-7,10-17H2,1-2H3,(H2,22,23,24). The third kappa shape index (κ3) is 5.94. The fourth-order valence-electron chi connectivity index (χ4n) is 3.57. The van der Waals surface area contributed by atoms with Crippen molar-refractivity contribution in [1.29, 1.82) is 0 Å². The molecule has 28 heavy (non-hydrogen) atoms. The molecule has 0 radical (unpaired) electrons. The number of fused-ring (bicyclic) bond motifs is 1. The molecule has 2 heterocycles. The van der Waals surface area contributed by atoms with Gasteiger partial charge in [0.15, 0.2) is 5.96 Å². The maximum atomic E-state index is 5.40. The first-order valence-electron chi connectivity index (χ1n) is 10.5. The average Bonchev–Trinajstić information content (AvgIpc) is 3.04. The topological polar surface area (TPSA) is 66.7 Å². The predicted molar refractivity (Wildman–Crippen MR) is 115 cm³/mol. The summed E-state index contributed by atoms with van der Waals surface area (Å²) < 4.78 is 7.68. The zero-order valence-electron chi connectivity index (χ0n) is 17.3. The number of guanidine groups is 1. The number of imidazole rings is 1. The minimum atomic E-state index is 0.796. The Labute approximate surface area is 168 Å². The first-order valence-corrected chi connectivity index (χ1v) is 10.5. The number of hydrogen-bond acceptors (Lipinski definition) is 4. The van der Waals surface area contributed by atoms with Crippen molar-refractivity contribution in [2.75, 3.05) is 52.5 Å². The Balaban J connectivity index is 1.41. The highest BCUT2D eigenvalue weighted by Crippen LogP contribution is 2.15. The molecule has 0 unspecified atom stereocenters. The number of para-hydroxylation sites is 2. The van der Waals surface area contributed by atoms with Crippen LogP contribution in [0.25, 0.3) is 11.0 Å². The van der Waals surface area contributed by atoms with Gasteiger partial charge in [0, 0.05) is 39.3 Å². The molecule has 7 nitrogen and oxygen atoms in total. The Bertz CT molecular complexity index is 750. The van der Waals surface area contributed by atoms with Crippen molar-refractivity contribution in [2.24, 2.45) is 4.99 Å². The lowest BCUT2D eigenvalue weighted by Crippen LogP contribution is -2.40. The minimum Gasteiger partial charge on any atom is -0.379 e. The smallest absolute Gasteiger partial charge is 0.191 e. The zero-order chi connectivity index (χ0) is 19.6. The molecule has 1 fully saturated rings. The minimum absolute atomic E-state index is 0.796. The van der Waals surface area contributed by atoms with Crippen molar-refractivity contribution in [3.05, 3.63) is 30.1 Å². The van der Waals surface area contributed by atoms with Crippen LogP contribution in [0.15, 0.2) is 29.3 Å². The Morgan fingerprint density at radius 1 is 1.14 bits per heavy atom. The van der Waals surface area contributed by atoms with Gasteiger partial charge in [-0.25, -0.2) is 4.98 Å². The van der Waals surface area contributed by atoms with Crippen LogP contribution in [0.1, 0.15) is 25.6 Å². The Hall–Kier alpha value is -2.12. The maximum Gasteiger partial charge on any atom is 0.191 e. The normalized spacial score (nSPS) is 15.9. The second-order valence-electron chi connectivity index (χ2n) is 7.15. The molecule has 1 aromatic heterocycles. The molecule has 0 saturated carbocycles. The van der Waals surface area contributed by atoms with Gasteiger partial charge in [-0.3, -0.25) is 9.89 Å². The molecule has 154 valence electrons. The lowest BCUT2D eigenvalue weighted by atomic mass is 10.3. The fourth-order valence-corrected chi connectivity index (χ4v) is 3.57. The van der Waals surface area contributed by atoms with E-state index >= 15 is 0 Å². The summed E-state index contributed by atoms with van der Waals surface area (Å²) >= 11 is 0. The van der Waals surface area contributed by atoms with E-state index in [4.69, 9.17) is 9.73 Å². The molecule has 0 bridgehead atoms. The molecule has 2 aromatic rings. The van der Waals surface area contributed by atoms with Crippen molar-refractivity contribution >= 4 is 17.0 Å². The molecule has 0 aliphatic carbocycles. The summed E-state index contributed by atoms with van der Waals surface area (Å²) in [5.74, 6) is 1.98. The molecule has 1 aliphatic heterocycles. The SMILES string of the molecule is CCNC(=NCCCn1c(C)nc2ccccc21)NCCCN1CCOCC1. The third-order valence-electron chi connectivity index (χ3n) is 5.05. The second kappa shape index (κ2) is 11.0. The number of nitrogens with one attached hydrogen (secondary N) is 2. The fraction of sp³-hybridized carbons (Fsp3) is 0.619. The van der Waals surface area contributed by atoms with Crippen LogP contribution in [0.5, 0.6) is 0 Å². The number of morpholine rings is 1. The number of hydrogen-bond donors (Lipinski definition) is 2. The molecular weight excluding hydrogens is 352 g/mol. The maximum absolute atomic E-state index is 5.40. The van der Waals surface area contributed by atoms with Gasteiger partial charge >= 0.3 is 0 Å². The lowest BCUT2D eigenvalue weighted by molar-refractivity contribution is 0.0376. The first kappa shape index (κ1) is 20.6. The summed E-state index contributed by atoms with van der Waals surface area (Å²) in [4.78, 5) is 11.8. The summed E-state index contributed by atoms with van der Waals surface area (Å²) in [7, 11) is 0. The van der Waals surface area contributed by atoms with Crippen LogP contribution >= 0.6 is 0 Å². The second-order valence-corrected chi connectivity index (χ2v) is 7.15. The lowest BCUT2D eigenvalue weighted by Gasteiger charge is -2.26. The first-order chi connectivity index (χ1) is 13.8. The van der Waals surface area contributed by atoms with E-state index in [1.165, 1.54) is 5.52 Å². The van der Waals surface area contributed by atoms with Crippen LogP contribution in [0.3, 0.4) is 0 Å². The summed E-state index contributed by atoms with van der Waals surface area (Å²) in [6.07, 6.45) is 2.11. The molecule has 0 amide bonds. The van der Waals surface area contributed by atoms with Crippen LogP contribution in [0.2, 0.25) is 0 Å².